The maximum absolute atomic E-state index is 12.1. The molecule has 2 aromatic heterocycles. The number of benzene rings is 1. The van der Waals surface area contributed by atoms with Crippen LogP contribution in [0.4, 0.5) is 11.5 Å². The summed E-state index contributed by atoms with van der Waals surface area (Å²) in [5, 5.41) is 6.91. The first-order valence-corrected chi connectivity index (χ1v) is 6.37. The van der Waals surface area contributed by atoms with Crippen LogP contribution in [0.5, 0.6) is 0 Å². The summed E-state index contributed by atoms with van der Waals surface area (Å²) in [6.45, 7) is 0. The average Bonchev–Trinajstić information content (AvgIpc) is 2.98. The average molecular weight is 279 g/mol. The van der Waals surface area contributed by atoms with Crippen molar-refractivity contribution in [3.8, 4) is 5.69 Å². The van der Waals surface area contributed by atoms with E-state index in [-0.39, 0.29) is 5.91 Å². The smallest absolute Gasteiger partial charge is 0.277 e. The molecule has 0 unspecified atom stereocenters. The van der Waals surface area contributed by atoms with E-state index in [9.17, 15) is 4.79 Å². The summed E-state index contributed by atoms with van der Waals surface area (Å²) >= 11 is 0. The number of para-hydroxylation sites is 2. The van der Waals surface area contributed by atoms with Gasteiger partial charge in [-0.1, -0.05) is 18.2 Å². The zero-order chi connectivity index (χ0) is 14.7. The summed E-state index contributed by atoms with van der Waals surface area (Å²) in [6, 6.07) is 14.2. The maximum atomic E-state index is 12.1. The van der Waals surface area contributed by atoms with Gasteiger partial charge in [0, 0.05) is 12.4 Å². The molecule has 0 atom stereocenters. The zero-order valence-corrected chi connectivity index (χ0v) is 11.1. The first-order valence-electron chi connectivity index (χ1n) is 6.37. The van der Waals surface area contributed by atoms with Crippen LogP contribution in [0.25, 0.3) is 5.69 Å². The Morgan fingerprint density at radius 2 is 1.90 bits per heavy atom. The molecule has 0 bridgehead atoms. The quantitative estimate of drug-likeness (QED) is 0.719. The molecular formula is C15H13N5O. The normalized spacial score (nSPS) is 10.3. The molecule has 3 aromatic rings. The van der Waals surface area contributed by atoms with Crippen LogP contribution in [0.2, 0.25) is 0 Å². The number of nitrogens with two attached hydrogens (primary N) is 1. The summed E-state index contributed by atoms with van der Waals surface area (Å²) in [6.07, 6.45) is 3.30. The van der Waals surface area contributed by atoms with Crippen molar-refractivity contribution < 1.29 is 4.79 Å². The fraction of sp³-hybridized carbons (Fsp3) is 0. The van der Waals surface area contributed by atoms with Crippen LogP contribution in [0, 0.1) is 0 Å². The van der Waals surface area contributed by atoms with Crippen molar-refractivity contribution in [2.24, 2.45) is 0 Å². The number of amides is 1. The fourth-order valence-corrected chi connectivity index (χ4v) is 1.89. The molecule has 6 nitrogen and oxygen atoms in total. The van der Waals surface area contributed by atoms with Crippen LogP contribution in [0.1, 0.15) is 10.5 Å². The van der Waals surface area contributed by atoms with E-state index in [2.05, 4.69) is 15.4 Å². The Morgan fingerprint density at radius 1 is 1.10 bits per heavy atom. The number of carbonyl (C=O) groups is 1. The Bertz CT molecular complexity index is 766. The summed E-state index contributed by atoms with van der Waals surface area (Å²) in [5.74, 6) is 0.165. The molecule has 0 spiro atoms. The predicted octanol–water partition coefficient (Wildman–Crippen LogP) is 2.10. The standard InChI is InChI=1S/C15H13N5O/c16-11-5-1-2-6-13(11)20-10-8-12(19-20)15(21)18-14-7-3-4-9-17-14/h1-10H,16H2,(H,17,18,21). The highest BCUT2D eigenvalue weighted by Gasteiger charge is 2.11. The van der Waals surface area contributed by atoms with Crippen LogP contribution in [0.15, 0.2) is 60.9 Å². The van der Waals surface area contributed by atoms with E-state index in [1.807, 2.05) is 18.2 Å². The second-order valence-electron chi connectivity index (χ2n) is 4.37. The van der Waals surface area contributed by atoms with Crippen LogP contribution in [-0.2, 0) is 0 Å². The van der Waals surface area contributed by atoms with Gasteiger partial charge in [0.2, 0.25) is 0 Å². The molecule has 2 heterocycles. The van der Waals surface area contributed by atoms with Crippen LogP contribution in [0.3, 0.4) is 0 Å². The molecule has 104 valence electrons. The Balaban J connectivity index is 1.82. The van der Waals surface area contributed by atoms with E-state index in [4.69, 9.17) is 5.73 Å². The monoisotopic (exact) mass is 279 g/mol. The van der Waals surface area contributed by atoms with Gasteiger partial charge in [0.15, 0.2) is 5.69 Å². The zero-order valence-electron chi connectivity index (χ0n) is 11.1. The third-order valence-electron chi connectivity index (χ3n) is 2.91. The molecule has 3 rings (SSSR count). The number of anilines is 2. The Kier molecular flexibility index (Phi) is 3.34. The molecule has 0 radical (unpaired) electrons. The largest absolute Gasteiger partial charge is 0.397 e. The number of pyridine rings is 1. The highest BCUT2D eigenvalue weighted by atomic mass is 16.2. The lowest BCUT2D eigenvalue weighted by atomic mass is 10.3. The van der Waals surface area contributed by atoms with E-state index in [0.29, 0.717) is 17.2 Å². The van der Waals surface area contributed by atoms with Crippen LogP contribution >= 0.6 is 0 Å². The predicted molar refractivity (Wildman–Crippen MR) is 80.2 cm³/mol. The van der Waals surface area contributed by atoms with Gasteiger partial charge < -0.3 is 11.1 Å². The molecule has 0 aliphatic heterocycles. The lowest BCUT2D eigenvalue weighted by molar-refractivity contribution is 0.102. The van der Waals surface area contributed by atoms with Crippen molar-refractivity contribution in [1.82, 2.24) is 14.8 Å². The van der Waals surface area contributed by atoms with Gasteiger partial charge in [-0.3, -0.25) is 4.79 Å². The van der Waals surface area contributed by atoms with E-state index in [0.717, 1.165) is 5.69 Å². The lowest BCUT2D eigenvalue weighted by Crippen LogP contribution is -2.14. The number of rotatable bonds is 3. The number of carbonyl (C=O) groups excluding carboxylic acids is 1. The summed E-state index contributed by atoms with van der Waals surface area (Å²) < 4.78 is 1.57. The van der Waals surface area contributed by atoms with Crippen molar-refractivity contribution in [3.05, 3.63) is 66.6 Å². The van der Waals surface area contributed by atoms with Gasteiger partial charge in [-0.15, -0.1) is 0 Å². The number of nitrogen functional groups attached to an aromatic ring is 1. The first kappa shape index (κ1) is 12.9. The number of hydrogen-bond donors (Lipinski definition) is 2. The molecule has 0 fully saturated rings. The third kappa shape index (κ3) is 2.74. The fourth-order valence-electron chi connectivity index (χ4n) is 1.89. The Hall–Kier alpha value is -3.15. The molecule has 0 saturated carbocycles. The topological polar surface area (TPSA) is 85.8 Å². The first-order chi connectivity index (χ1) is 10.2. The number of hydrogen-bond acceptors (Lipinski definition) is 4. The summed E-state index contributed by atoms with van der Waals surface area (Å²) in [4.78, 5) is 16.1. The van der Waals surface area contributed by atoms with Crippen molar-refractivity contribution in [1.29, 1.82) is 0 Å². The van der Waals surface area contributed by atoms with E-state index >= 15 is 0 Å². The SMILES string of the molecule is Nc1ccccc1-n1ccc(C(=O)Nc2ccccn2)n1. The second-order valence-corrected chi connectivity index (χ2v) is 4.37. The van der Waals surface area contributed by atoms with Gasteiger partial charge in [0.1, 0.15) is 5.82 Å². The van der Waals surface area contributed by atoms with Crippen molar-refractivity contribution in [2.45, 2.75) is 0 Å². The minimum atomic E-state index is -0.318. The van der Waals surface area contributed by atoms with Gasteiger partial charge in [-0.2, -0.15) is 5.10 Å². The third-order valence-corrected chi connectivity index (χ3v) is 2.91. The molecule has 0 saturated heterocycles. The number of nitrogens with one attached hydrogen (secondary N) is 1. The van der Waals surface area contributed by atoms with Gasteiger partial charge in [0.25, 0.3) is 5.91 Å². The Labute approximate surface area is 121 Å². The van der Waals surface area contributed by atoms with Gasteiger partial charge in [-0.05, 0) is 30.3 Å². The maximum Gasteiger partial charge on any atom is 0.277 e. The summed E-state index contributed by atoms with van der Waals surface area (Å²) in [5.41, 5.74) is 7.51. The molecule has 1 aromatic carbocycles. The van der Waals surface area contributed by atoms with E-state index < -0.39 is 0 Å². The molecule has 3 N–H and O–H groups in total. The minimum Gasteiger partial charge on any atom is -0.397 e. The second kappa shape index (κ2) is 5.46. The highest BCUT2D eigenvalue weighted by molar-refractivity contribution is 6.02. The lowest BCUT2D eigenvalue weighted by Gasteiger charge is -2.04. The molecule has 0 aliphatic carbocycles. The summed E-state index contributed by atoms with van der Waals surface area (Å²) in [7, 11) is 0. The van der Waals surface area contributed by atoms with E-state index in [1.165, 1.54) is 0 Å². The minimum absolute atomic E-state index is 0.295. The van der Waals surface area contributed by atoms with Gasteiger partial charge in [-0.25, -0.2) is 9.67 Å². The van der Waals surface area contributed by atoms with Crippen molar-refractivity contribution in [3.63, 3.8) is 0 Å². The molecular weight excluding hydrogens is 266 g/mol. The number of nitrogens with zero attached hydrogens (tertiary/aromatic N) is 3. The molecule has 0 aliphatic rings. The Morgan fingerprint density at radius 3 is 2.67 bits per heavy atom. The van der Waals surface area contributed by atoms with E-state index in [1.54, 1.807) is 47.4 Å². The number of aromatic nitrogens is 3. The van der Waals surface area contributed by atoms with Crippen molar-refractivity contribution in [2.75, 3.05) is 11.1 Å². The highest BCUT2D eigenvalue weighted by Crippen LogP contribution is 2.16. The van der Waals surface area contributed by atoms with Gasteiger partial charge in [0.05, 0.1) is 11.4 Å². The van der Waals surface area contributed by atoms with Crippen molar-refractivity contribution >= 4 is 17.4 Å². The molecule has 1 amide bonds. The van der Waals surface area contributed by atoms with Crippen LogP contribution in [-0.4, -0.2) is 20.7 Å². The van der Waals surface area contributed by atoms with Gasteiger partial charge >= 0.3 is 0 Å². The van der Waals surface area contributed by atoms with Crippen LogP contribution < -0.4 is 11.1 Å². The molecule has 6 heteroatoms. The molecule has 21 heavy (non-hydrogen) atoms.